The molecule has 0 spiro atoms. The van der Waals surface area contributed by atoms with Crippen LogP contribution in [0.25, 0.3) is 10.9 Å². The Balaban J connectivity index is 1.42. The molecule has 2 saturated heterocycles. The monoisotopic (exact) mass is 591 g/mol. The van der Waals surface area contributed by atoms with Crippen LogP contribution in [0.4, 0.5) is 17.2 Å². The molecule has 42 heavy (non-hydrogen) atoms. The molecule has 2 fully saturated rings. The smallest absolute Gasteiger partial charge is 0.251 e. The molecule has 2 aromatic carbocycles. The third kappa shape index (κ3) is 7.18. The second-order valence-corrected chi connectivity index (χ2v) is 11.4. The van der Waals surface area contributed by atoms with Crippen molar-refractivity contribution in [3.8, 4) is 0 Å². The number of piperazine rings is 1. The van der Waals surface area contributed by atoms with E-state index in [1.165, 1.54) is 0 Å². The van der Waals surface area contributed by atoms with E-state index in [1.54, 1.807) is 12.4 Å². The summed E-state index contributed by atoms with van der Waals surface area (Å²) < 4.78 is 5.62. The Labute approximate surface area is 251 Å². The fraction of sp³-hybridized carbons (Fsp3) is 0.419. The maximum Gasteiger partial charge on any atom is 0.251 e. The number of amides is 2. The number of ether oxygens (including phenoxy) is 1. The van der Waals surface area contributed by atoms with E-state index in [9.17, 15) is 9.59 Å². The Morgan fingerprint density at radius 2 is 1.90 bits per heavy atom. The average molecular weight is 592 g/mol. The van der Waals surface area contributed by atoms with Gasteiger partial charge >= 0.3 is 0 Å². The normalized spacial score (nSPS) is 18.2. The molecule has 0 saturated carbocycles. The Kier molecular flexibility index (Phi) is 9.56. The van der Waals surface area contributed by atoms with Gasteiger partial charge < -0.3 is 30.1 Å². The van der Waals surface area contributed by atoms with Crippen LogP contribution in [0.15, 0.2) is 54.9 Å². The molecule has 0 radical (unpaired) electrons. The largest absolute Gasteiger partial charge is 0.368 e. The van der Waals surface area contributed by atoms with Gasteiger partial charge in [0, 0.05) is 61.9 Å². The van der Waals surface area contributed by atoms with E-state index in [2.05, 4.69) is 32.4 Å². The van der Waals surface area contributed by atoms with Crippen molar-refractivity contribution in [2.75, 3.05) is 69.0 Å². The fourth-order valence-electron chi connectivity index (χ4n) is 5.30. The van der Waals surface area contributed by atoms with Crippen LogP contribution in [0.2, 0.25) is 5.02 Å². The minimum Gasteiger partial charge on any atom is -0.368 e. The van der Waals surface area contributed by atoms with Crippen LogP contribution in [0, 0.1) is 0 Å². The van der Waals surface area contributed by atoms with Gasteiger partial charge in [0.2, 0.25) is 5.91 Å². The third-order valence-corrected chi connectivity index (χ3v) is 7.86. The summed E-state index contributed by atoms with van der Waals surface area (Å²) in [6, 6.07) is 11.6. The molecule has 3 heterocycles. The highest BCUT2D eigenvalue weighted by molar-refractivity contribution is 6.30. The summed E-state index contributed by atoms with van der Waals surface area (Å²) in [7, 11) is 3.90. The van der Waals surface area contributed by atoms with E-state index in [1.807, 2.05) is 66.4 Å². The van der Waals surface area contributed by atoms with E-state index in [4.69, 9.17) is 16.3 Å². The van der Waals surface area contributed by atoms with Crippen molar-refractivity contribution in [1.82, 2.24) is 19.8 Å². The summed E-state index contributed by atoms with van der Waals surface area (Å²) in [5.41, 5.74) is 3.34. The molecular weight excluding hydrogens is 554 g/mol. The summed E-state index contributed by atoms with van der Waals surface area (Å²) in [6.07, 6.45) is 6.32. The van der Waals surface area contributed by atoms with Gasteiger partial charge in [-0.05, 0) is 63.7 Å². The van der Waals surface area contributed by atoms with E-state index >= 15 is 0 Å². The Bertz CT molecular complexity index is 1430. The van der Waals surface area contributed by atoms with Crippen molar-refractivity contribution in [3.05, 3.63) is 65.5 Å². The van der Waals surface area contributed by atoms with Crippen molar-refractivity contribution >= 4 is 51.5 Å². The SMILES string of the molecule is CC(Nc1ncnc2cc(N3CCN(C(=O)C4CCCO4)CC3)c(NC(=O)C=CCN(C)C)cc12)c1ccc(Cl)cc1. The Hall–Kier alpha value is -3.73. The topological polar surface area (TPSA) is 103 Å². The molecule has 3 aromatic rings. The highest BCUT2D eigenvalue weighted by Gasteiger charge is 2.31. The zero-order chi connectivity index (χ0) is 29.6. The summed E-state index contributed by atoms with van der Waals surface area (Å²) in [4.78, 5) is 41.1. The Morgan fingerprint density at radius 1 is 1.14 bits per heavy atom. The number of fused-ring (bicyclic) bond motifs is 1. The van der Waals surface area contributed by atoms with Crippen molar-refractivity contribution in [2.45, 2.75) is 31.9 Å². The van der Waals surface area contributed by atoms with E-state index in [-0.39, 0.29) is 24.0 Å². The van der Waals surface area contributed by atoms with E-state index < -0.39 is 0 Å². The molecule has 2 N–H and O–H groups in total. The second kappa shape index (κ2) is 13.5. The van der Waals surface area contributed by atoms with Gasteiger partial charge in [-0.15, -0.1) is 0 Å². The first-order valence-electron chi connectivity index (χ1n) is 14.4. The maximum atomic E-state index is 13.0. The molecule has 10 nitrogen and oxygen atoms in total. The zero-order valence-corrected chi connectivity index (χ0v) is 25.1. The van der Waals surface area contributed by atoms with Gasteiger partial charge in [0.05, 0.1) is 16.9 Å². The number of nitrogens with zero attached hydrogens (tertiary/aromatic N) is 5. The number of halogens is 1. The lowest BCUT2D eigenvalue weighted by atomic mass is 10.1. The first kappa shape index (κ1) is 29.8. The number of aromatic nitrogens is 2. The standard InChI is InChI=1S/C31H38ClN7O3/c1-21(22-8-10-23(32)11-9-22)35-30-24-18-26(36-29(40)7-4-12-37(2)3)27(19-25(24)33-20-34-30)38-13-15-39(16-14-38)31(41)28-6-5-17-42-28/h4,7-11,18-21,28H,5-6,12-17H2,1-3H3,(H,36,40)(H,33,34,35). The van der Waals surface area contributed by atoms with Crippen molar-refractivity contribution < 1.29 is 14.3 Å². The molecule has 2 aliphatic heterocycles. The number of rotatable bonds is 9. The van der Waals surface area contributed by atoms with Crippen LogP contribution in [0.1, 0.15) is 31.4 Å². The van der Waals surface area contributed by atoms with Crippen LogP contribution in [-0.2, 0) is 14.3 Å². The van der Waals surface area contributed by atoms with Crippen molar-refractivity contribution in [1.29, 1.82) is 0 Å². The summed E-state index contributed by atoms with van der Waals surface area (Å²) >= 11 is 6.08. The van der Waals surface area contributed by atoms with Gasteiger partial charge in [-0.1, -0.05) is 29.8 Å². The van der Waals surface area contributed by atoms with Gasteiger partial charge in [-0.25, -0.2) is 9.97 Å². The average Bonchev–Trinajstić information content (AvgIpc) is 3.52. The maximum absolute atomic E-state index is 13.0. The summed E-state index contributed by atoms with van der Waals surface area (Å²) in [5.74, 6) is 0.522. The molecular formula is C31H38ClN7O3. The quantitative estimate of drug-likeness (QED) is 0.354. The number of hydrogen-bond acceptors (Lipinski definition) is 8. The number of anilines is 3. The molecule has 5 rings (SSSR count). The lowest BCUT2D eigenvalue weighted by Crippen LogP contribution is -2.51. The zero-order valence-electron chi connectivity index (χ0n) is 24.3. The van der Waals surface area contributed by atoms with Gasteiger partial charge in [-0.2, -0.15) is 0 Å². The molecule has 1 aromatic heterocycles. The number of carbonyl (C=O) groups excluding carboxylic acids is 2. The van der Waals surface area contributed by atoms with Crippen LogP contribution < -0.4 is 15.5 Å². The lowest BCUT2D eigenvalue weighted by Gasteiger charge is -2.37. The second-order valence-electron chi connectivity index (χ2n) is 11.0. The molecule has 2 aliphatic rings. The molecule has 2 amide bonds. The highest BCUT2D eigenvalue weighted by atomic mass is 35.5. The number of likely N-dealkylation sites (N-methyl/N-ethyl adjacent to an activating group) is 1. The van der Waals surface area contributed by atoms with Crippen LogP contribution in [0.3, 0.4) is 0 Å². The number of hydrogen-bond donors (Lipinski definition) is 2. The van der Waals surface area contributed by atoms with Crippen LogP contribution in [0.5, 0.6) is 0 Å². The van der Waals surface area contributed by atoms with Gasteiger partial charge in [0.15, 0.2) is 0 Å². The van der Waals surface area contributed by atoms with Crippen molar-refractivity contribution in [2.24, 2.45) is 0 Å². The summed E-state index contributed by atoms with van der Waals surface area (Å²) in [5, 5.41) is 8.06. The fourth-order valence-corrected chi connectivity index (χ4v) is 5.42. The van der Waals surface area contributed by atoms with Crippen LogP contribution >= 0.6 is 11.6 Å². The minimum absolute atomic E-state index is 0.0403. The first-order chi connectivity index (χ1) is 20.3. The third-order valence-electron chi connectivity index (χ3n) is 7.61. The number of benzene rings is 2. The molecule has 222 valence electrons. The first-order valence-corrected chi connectivity index (χ1v) is 14.7. The predicted molar refractivity (Wildman–Crippen MR) is 167 cm³/mol. The predicted octanol–water partition coefficient (Wildman–Crippen LogP) is 4.34. The van der Waals surface area contributed by atoms with E-state index in [0.29, 0.717) is 55.9 Å². The number of carbonyl (C=O) groups is 2. The summed E-state index contributed by atoms with van der Waals surface area (Å²) in [6.45, 7) is 5.80. The molecule has 2 unspecified atom stereocenters. The van der Waals surface area contributed by atoms with Gasteiger partial charge in [0.1, 0.15) is 18.2 Å². The lowest BCUT2D eigenvalue weighted by molar-refractivity contribution is -0.141. The molecule has 2 atom stereocenters. The molecule has 11 heteroatoms. The Morgan fingerprint density at radius 3 is 2.60 bits per heavy atom. The van der Waals surface area contributed by atoms with E-state index in [0.717, 1.165) is 35.0 Å². The molecule has 0 bridgehead atoms. The van der Waals surface area contributed by atoms with Crippen LogP contribution in [-0.4, -0.2) is 91.1 Å². The highest BCUT2D eigenvalue weighted by Crippen LogP contribution is 2.35. The minimum atomic E-state index is -0.320. The molecule has 0 aliphatic carbocycles. The van der Waals surface area contributed by atoms with Gasteiger partial charge in [-0.3, -0.25) is 9.59 Å². The number of nitrogens with one attached hydrogen (secondary N) is 2. The van der Waals surface area contributed by atoms with Crippen molar-refractivity contribution in [3.63, 3.8) is 0 Å². The van der Waals surface area contributed by atoms with Gasteiger partial charge in [0.25, 0.3) is 5.91 Å².